The average Bonchev–Trinajstić information content (AvgIpc) is 2.63. The molecule has 0 spiro atoms. The van der Waals surface area contributed by atoms with Crippen molar-refractivity contribution in [2.24, 2.45) is 0 Å². The summed E-state index contributed by atoms with van der Waals surface area (Å²) in [6.07, 6.45) is -4.66. The van der Waals surface area contributed by atoms with Gasteiger partial charge in [-0.15, -0.1) is 0 Å². The van der Waals surface area contributed by atoms with E-state index >= 15 is 0 Å². The Morgan fingerprint density at radius 1 is 1.11 bits per heavy atom. The lowest BCUT2D eigenvalue weighted by atomic mass is 10.1. The van der Waals surface area contributed by atoms with Crippen LogP contribution in [0.1, 0.15) is 23.9 Å². The number of carbonyl (C=O) groups is 1. The smallest absolute Gasteiger partial charge is 0.325 e. The number of anilines is 1. The first-order valence-corrected chi connectivity index (χ1v) is 9.42. The van der Waals surface area contributed by atoms with Gasteiger partial charge in [0.15, 0.2) is 0 Å². The Hall–Kier alpha value is -2.61. The highest BCUT2D eigenvalue weighted by Gasteiger charge is 2.36. The molecule has 4 nitrogen and oxygen atoms in total. The molecule has 2 aromatic carbocycles. The summed E-state index contributed by atoms with van der Waals surface area (Å²) in [5.74, 6) is -1.52. The number of nitrogens with one attached hydrogen (secondary N) is 1. The first-order valence-electron chi connectivity index (χ1n) is 8.54. The fourth-order valence-electron chi connectivity index (χ4n) is 2.59. The van der Waals surface area contributed by atoms with Gasteiger partial charge in [-0.3, -0.25) is 4.79 Å². The maximum absolute atomic E-state index is 13.1. The first-order chi connectivity index (χ1) is 13.1. The van der Waals surface area contributed by atoms with Gasteiger partial charge in [-0.25, -0.2) is 9.97 Å². The summed E-state index contributed by atoms with van der Waals surface area (Å²) in [6.45, 7) is 5.43. The fourth-order valence-corrected chi connectivity index (χ4v) is 3.53. The molecule has 0 saturated carbocycles. The molecule has 0 radical (unpaired) electrons. The monoisotopic (exact) mass is 405 g/mol. The molecule has 1 N–H and O–H groups in total. The maximum Gasteiger partial charge on any atom is 0.451 e. The summed E-state index contributed by atoms with van der Waals surface area (Å²) in [4.78, 5) is 19.9. The molecule has 0 saturated heterocycles. The first kappa shape index (κ1) is 20.1. The normalized spacial score (nSPS) is 12.8. The number of rotatable bonds is 4. The Morgan fingerprint density at radius 2 is 1.82 bits per heavy atom. The van der Waals surface area contributed by atoms with E-state index in [-0.39, 0.29) is 16.4 Å². The summed E-state index contributed by atoms with van der Waals surface area (Å²) in [6, 6.07) is 12.1. The van der Waals surface area contributed by atoms with Crippen LogP contribution in [0.4, 0.5) is 18.9 Å². The van der Waals surface area contributed by atoms with Crippen molar-refractivity contribution in [3.05, 3.63) is 59.4 Å². The number of hydrogen-bond acceptors (Lipinski definition) is 4. The number of aryl methyl sites for hydroxylation is 2. The zero-order valence-electron chi connectivity index (χ0n) is 15.5. The summed E-state index contributed by atoms with van der Waals surface area (Å²) in [5.41, 5.74) is 2.77. The second kappa shape index (κ2) is 7.79. The number of nitrogens with zero attached hydrogens (tertiary/aromatic N) is 2. The zero-order chi connectivity index (χ0) is 20.5. The van der Waals surface area contributed by atoms with Crippen molar-refractivity contribution in [1.29, 1.82) is 0 Å². The number of amides is 1. The van der Waals surface area contributed by atoms with Crippen LogP contribution < -0.4 is 5.32 Å². The Labute approximate surface area is 164 Å². The molecule has 28 heavy (non-hydrogen) atoms. The van der Waals surface area contributed by atoms with Gasteiger partial charge in [0.1, 0.15) is 5.03 Å². The molecule has 0 aliphatic carbocycles. The SMILES string of the molecule is Cc1ccc(C)c(NC(=O)[C@H](C)Sc2nc(C(F)(F)F)nc3ccccc23)c1. The van der Waals surface area contributed by atoms with E-state index in [9.17, 15) is 18.0 Å². The van der Waals surface area contributed by atoms with Gasteiger partial charge in [0, 0.05) is 11.1 Å². The van der Waals surface area contributed by atoms with Gasteiger partial charge in [0.25, 0.3) is 0 Å². The van der Waals surface area contributed by atoms with Crippen molar-refractivity contribution >= 4 is 34.3 Å². The molecule has 0 aliphatic heterocycles. The number of halogens is 3. The van der Waals surface area contributed by atoms with Crippen LogP contribution >= 0.6 is 11.8 Å². The molecule has 3 aromatic rings. The van der Waals surface area contributed by atoms with E-state index in [1.165, 1.54) is 6.07 Å². The lowest BCUT2D eigenvalue weighted by molar-refractivity contribution is -0.145. The Bertz CT molecular complexity index is 1040. The number of hydrogen-bond donors (Lipinski definition) is 1. The van der Waals surface area contributed by atoms with E-state index in [0.717, 1.165) is 22.9 Å². The standard InChI is InChI=1S/C20H18F3N3OS/c1-11-8-9-12(2)16(10-11)24-17(27)13(3)28-18-14-6-4-5-7-15(14)25-19(26-18)20(21,22)23/h4-10,13H,1-3H3,(H,24,27)/t13-/m0/s1. The highest BCUT2D eigenvalue weighted by atomic mass is 32.2. The van der Waals surface area contributed by atoms with Gasteiger partial charge < -0.3 is 5.32 Å². The highest BCUT2D eigenvalue weighted by molar-refractivity contribution is 8.00. The lowest BCUT2D eigenvalue weighted by Crippen LogP contribution is -2.23. The fraction of sp³-hybridized carbons (Fsp3) is 0.250. The van der Waals surface area contributed by atoms with Crippen LogP contribution in [0.2, 0.25) is 0 Å². The molecule has 146 valence electrons. The molecule has 1 atom stereocenters. The van der Waals surface area contributed by atoms with E-state index in [1.54, 1.807) is 25.1 Å². The molecule has 1 heterocycles. The van der Waals surface area contributed by atoms with Crippen LogP contribution in [0.3, 0.4) is 0 Å². The van der Waals surface area contributed by atoms with Gasteiger partial charge in [0.2, 0.25) is 11.7 Å². The molecule has 1 aromatic heterocycles. The third-order valence-electron chi connectivity index (χ3n) is 4.13. The van der Waals surface area contributed by atoms with Gasteiger partial charge in [0.05, 0.1) is 10.8 Å². The predicted octanol–water partition coefficient (Wildman–Crippen LogP) is 5.38. The van der Waals surface area contributed by atoms with Crippen LogP contribution in [0.15, 0.2) is 47.5 Å². The summed E-state index contributed by atoms with van der Waals surface area (Å²) >= 11 is 0.978. The van der Waals surface area contributed by atoms with Crippen LogP contribution in [-0.2, 0) is 11.0 Å². The minimum Gasteiger partial charge on any atom is -0.325 e. The number of aromatic nitrogens is 2. The number of benzene rings is 2. The molecular weight excluding hydrogens is 387 g/mol. The Kier molecular flexibility index (Phi) is 5.60. The van der Waals surface area contributed by atoms with E-state index in [4.69, 9.17) is 0 Å². The van der Waals surface area contributed by atoms with E-state index in [2.05, 4.69) is 15.3 Å². The number of fused-ring (bicyclic) bond motifs is 1. The third-order valence-corrected chi connectivity index (χ3v) is 5.23. The molecule has 0 fully saturated rings. The molecular formula is C20H18F3N3OS. The van der Waals surface area contributed by atoms with Crippen LogP contribution in [0, 0.1) is 13.8 Å². The van der Waals surface area contributed by atoms with Gasteiger partial charge in [-0.2, -0.15) is 13.2 Å². The molecule has 0 unspecified atom stereocenters. The number of thioether (sulfide) groups is 1. The molecule has 3 rings (SSSR count). The molecule has 0 bridgehead atoms. The van der Waals surface area contributed by atoms with Crippen LogP contribution in [0.25, 0.3) is 10.9 Å². The van der Waals surface area contributed by atoms with Crippen LogP contribution in [0.5, 0.6) is 0 Å². The van der Waals surface area contributed by atoms with Gasteiger partial charge in [-0.05, 0) is 44.0 Å². The largest absolute Gasteiger partial charge is 0.451 e. The quantitative estimate of drug-likeness (QED) is 0.467. The maximum atomic E-state index is 13.1. The lowest BCUT2D eigenvalue weighted by Gasteiger charge is -2.15. The minimum atomic E-state index is -4.66. The number of para-hydroxylation sites is 1. The van der Waals surface area contributed by atoms with Crippen LogP contribution in [-0.4, -0.2) is 21.1 Å². The Balaban J connectivity index is 1.88. The zero-order valence-corrected chi connectivity index (χ0v) is 16.3. The number of alkyl halides is 3. The number of carbonyl (C=O) groups excluding carboxylic acids is 1. The van der Waals surface area contributed by atoms with E-state index < -0.39 is 17.3 Å². The highest BCUT2D eigenvalue weighted by Crippen LogP contribution is 2.34. The second-order valence-corrected chi connectivity index (χ2v) is 7.76. The topological polar surface area (TPSA) is 54.9 Å². The van der Waals surface area contributed by atoms with Crippen molar-refractivity contribution < 1.29 is 18.0 Å². The van der Waals surface area contributed by atoms with Crippen molar-refractivity contribution in [2.45, 2.75) is 37.2 Å². The van der Waals surface area contributed by atoms with Crippen molar-refractivity contribution in [3.63, 3.8) is 0 Å². The summed E-state index contributed by atoms with van der Waals surface area (Å²) in [5, 5.41) is 2.79. The molecule has 8 heteroatoms. The second-order valence-electron chi connectivity index (χ2n) is 6.43. The molecule has 0 aliphatic rings. The van der Waals surface area contributed by atoms with E-state index in [0.29, 0.717) is 11.1 Å². The van der Waals surface area contributed by atoms with Gasteiger partial charge in [-0.1, -0.05) is 42.1 Å². The third kappa shape index (κ3) is 4.44. The summed E-state index contributed by atoms with van der Waals surface area (Å²) in [7, 11) is 0. The predicted molar refractivity (Wildman–Crippen MR) is 104 cm³/mol. The van der Waals surface area contributed by atoms with Crippen molar-refractivity contribution in [3.8, 4) is 0 Å². The van der Waals surface area contributed by atoms with Crippen molar-refractivity contribution in [1.82, 2.24) is 9.97 Å². The summed E-state index contributed by atoms with van der Waals surface area (Å²) < 4.78 is 39.4. The minimum absolute atomic E-state index is 0.126. The van der Waals surface area contributed by atoms with Gasteiger partial charge >= 0.3 is 6.18 Å². The van der Waals surface area contributed by atoms with E-state index in [1.807, 2.05) is 32.0 Å². The van der Waals surface area contributed by atoms with Crippen molar-refractivity contribution in [2.75, 3.05) is 5.32 Å². The average molecular weight is 405 g/mol. The molecule has 1 amide bonds. The Morgan fingerprint density at radius 3 is 2.54 bits per heavy atom.